The van der Waals surface area contributed by atoms with E-state index in [-0.39, 0.29) is 11.0 Å². The van der Waals surface area contributed by atoms with Crippen LogP contribution in [0.5, 0.6) is 0 Å². The highest BCUT2D eigenvalue weighted by atomic mass is 32.2. The monoisotopic (exact) mass is 318 g/mol. The zero-order chi connectivity index (χ0) is 15.4. The van der Waals surface area contributed by atoms with Crippen molar-refractivity contribution in [3.05, 3.63) is 54.1 Å². The lowest BCUT2D eigenvalue weighted by molar-refractivity contribution is 0.482. The van der Waals surface area contributed by atoms with Crippen molar-refractivity contribution in [2.75, 3.05) is 0 Å². The molecule has 0 saturated heterocycles. The Balaban J connectivity index is 1.74. The SMILES string of the molecule is O=S(=O)(Cc1nccn1Cc1ccccc1)C1CCCCC1. The highest BCUT2D eigenvalue weighted by Crippen LogP contribution is 2.26. The van der Waals surface area contributed by atoms with Crippen LogP contribution in [0.25, 0.3) is 0 Å². The van der Waals surface area contributed by atoms with Crippen LogP contribution in [0, 0.1) is 0 Å². The fourth-order valence-electron chi connectivity index (χ4n) is 3.13. The summed E-state index contributed by atoms with van der Waals surface area (Å²) in [5.41, 5.74) is 1.15. The number of imidazole rings is 1. The lowest BCUT2D eigenvalue weighted by Gasteiger charge is -2.21. The average Bonchev–Trinajstić information content (AvgIpc) is 2.95. The maximum absolute atomic E-state index is 12.6. The average molecular weight is 318 g/mol. The molecule has 0 aliphatic heterocycles. The number of benzene rings is 1. The van der Waals surface area contributed by atoms with Crippen molar-refractivity contribution >= 4 is 9.84 Å². The zero-order valence-electron chi connectivity index (χ0n) is 12.7. The van der Waals surface area contributed by atoms with E-state index in [0.29, 0.717) is 12.4 Å². The summed E-state index contributed by atoms with van der Waals surface area (Å²) in [5.74, 6) is 0.701. The first kappa shape index (κ1) is 15.3. The van der Waals surface area contributed by atoms with Crippen LogP contribution in [0.15, 0.2) is 42.7 Å². The second kappa shape index (κ2) is 6.65. The third-order valence-corrected chi connectivity index (χ3v) is 6.54. The standard InChI is InChI=1S/C17H22N2O2S/c20-22(21,16-9-5-2-6-10-16)14-17-18-11-12-19(17)13-15-7-3-1-4-8-15/h1,3-4,7-8,11-12,16H,2,5-6,9-10,13-14H2. The second-order valence-corrected chi connectivity index (χ2v) is 8.31. The molecule has 1 heterocycles. The molecule has 2 aromatic rings. The van der Waals surface area contributed by atoms with Gasteiger partial charge in [0.05, 0.1) is 5.25 Å². The summed E-state index contributed by atoms with van der Waals surface area (Å²) < 4.78 is 27.1. The van der Waals surface area contributed by atoms with Crippen molar-refractivity contribution in [3.63, 3.8) is 0 Å². The third kappa shape index (κ3) is 3.58. The molecule has 1 fully saturated rings. The largest absolute Gasteiger partial charge is 0.330 e. The van der Waals surface area contributed by atoms with Gasteiger partial charge < -0.3 is 4.57 Å². The predicted molar refractivity (Wildman–Crippen MR) is 87.3 cm³/mol. The number of rotatable bonds is 5. The second-order valence-electron chi connectivity index (χ2n) is 6.02. The van der Waals surface area contributed by atoms with Crippen LogP contribution in [0.4, 0.5) is 0 Å². The fraction of sp³-hybridized carbons (Fsp3) is 0.471. The van der Waals surface area contributed by atoms with Gasteiger partial charge in [-0.1, -0.05) is 49.6 Å². The van der Waals surface area contributed by atoms with Gasteiger partial charge in [-0.15, -0.1) is 0 Å². The molecule has 0 unspecified atom stereocenters. The summed E-state index contributed by atoms with van der Waals surface area (Å²) in [6.07, 6.45) is 8.39. The molecule has 0 bridgehead atoms. The molecule has 5 heteroatoms. The quantitative estimate of drug-likeness (QED) is 0.851. The summed E-state index contributed by atoms with van der Waals surface area (Å²) in [7, 11) is -3.10. The minimum atomic E-state index is -3.10. The first-order chi connectivity index (χ1) is 10.6. The van der Waals surface area contributed by atoms with Gasteiger partial charge in [0, 0.05) is 18.9 Å². The maximum atomic E-state index is 12.6. The highest BCUT2D eigenvalue weighted by molar-refractivity contribution is 7.91. The van der Waals surface area contributed by atoms with E-state index in [1.807, 2.05) is 41.1 Å². The van der Waals surface area contributed by atoms with Crippen LogP contribution < -0.4 is 0 Å². The van der Waals surface area contributed by atoms with Crippen LogP contribution in [-0.4, -0.2) is 23.2 Å². The predicted octanol–water partition coefficient (Wildman–Crippen LogP) is 3.18. The molecular weight excluding hydrogens is 296 g/mol. The Labute approximate surface area is 132 Å². The van der Waals surface area contributed by atoms with E-state index < -0.39 is 9.84 Å². The van der Waals surface area contributed by atoms with E-state index in [2.05, 4.69) is 4.98 Å². The number of sulfone groups is 1. The topological polar surface area (TPSA) is 52.0 Å². The molecule has 4 nitrogen and oxygen atoms in total. The molecule has 1 saturated carbocycles. The lowest BCUT2D eigenvalue weighted by Crippen LogP contribution is -2.26. The summed E-state index contributed by atoms with van der Waals surface area (Å²) in [6.45, 7) is 0.663. The minimum absolute atomic E-state index is 0.0531. The summed E-state index contributed by atoms with van der Waals surface area (Å²) >= 11 is 0. The zero-order valence-corrected chi connectivity index (χ0v) is 13.5. The molecule has 22 heavy (non-hydrogen) atoms. The van der Waals surface area contributed by atoms with E-state index in [9.17, 15) is 8.42 Å². The van der Waals surface area contributed by atoms with Crippen LogP contribution in [-0.2, 0) is 22.1 Å². The lowest BCUT2D eigenvalue weighted by atomic mass is 10.0. The molecule has 118 valence electrons. The van der Waals surface area contributed by atoms with Gasteiger partial charge in [-0.3, -0.25) is 0 Å². The smallest absolute Gasteiger partial charge is 0.160 e. The van der Waals surface area contributed by atoms with Crippen molar-refractivity contribution in [3.8, 4) is 0 Å². The molecular formula is C17H22N2O2S. The van der Waals surface area contributed by atoms with E-state index in [1.54, 1.807) is 6.20 Å². The first-order valence-electron chi connectivity index (χ1n) is 7.91. The van der Waals surface area contributed by atoms with Crippen LogP contribution in [0.1, 0.15) is 43.5 Å². The van der Waals surface area contributed by atoms with Gasteiger partial charge in [-0.05, 0) is 18.4 Å². The number of hydrogen-bond acceptors (Lipinski definition) is 3. The highest BCUT2D eigenvalue weighted by Gasteiger charge is 2.28. The number of aromatic nitrogens is 2. The van der Waals surface area contributed by atoms with E-state index >= 15 is 0 Å². The first-order valence-corrected chi connectivity index (χ1v) is 9.62. The molecule has 1 aromatic carbocycles. The van der Waals surface area contributed by atoms with E-state index in [4.69, 9.17) is 0 Å². The molecule has 0 amide bonds. The van der Waals surface area contributed by atoms with Crippen molar-refractivity contribution in [2.24, 2.45) is 0 Å². The Bertz CT molecular complexity index is 701. The molecule has 3 rings (SSSR count). The van der Waals surface area contributed by atoms with E-state index in [0.717, 1.165) is 37.7 Å². The summed E-state index contributed by atoms with van der Waals surface area (Å²) in [5, 5.41) is -0.178. The Morgan fingerprint density at radius 2 is 1.82 bits per heavy atom. The van der Waals surface area contributed by atoms with Gasteiger partial charge in [0.25, 0.3) is 0 Å². The van der Waals surface area contributed by atoms with Gasteiger partial charge in [0.15, 0.2) is 9.84 Å². The number of hydrogen-bond donors (Lipinski definition) is 0. The van der Waals surface area contributed by atoms with Crippen LogP contribution >= 0.6 is 0 Å². The molecule has 0 radical (unpaired) electrons. The molecule has 0 atom stereocenters. The Kier molecular flexibility index (Phi) is 4.62. The molecule has 0 spiro atoms. The summed E-state index contributed by atoms with van der Waals surface area (Å²) in [6, 6.07) is 10.0. The Morgan fingerprint density at radius 3 is 2.55 bits per heavy atom. The van der Waals surface area contributed by atoms with Crippen molar-refractivity contribution in [1.29, 1.82) is 0 Å². The van der Waals surface area contributed by atoms with E-state index in [1.165, 1.54) is 0 Å². The van der Waals surface area contributed by atoms with Crippen LogP contribution in [0.2, 0.25) is 0 Å². The normalized spacial score (nSPS) is 16.7. The maximum Gasteiger partial charge on any atom is 0.160 e. The van der Waals surface area contributed by atoms with Gasteiger partial charge in [0.1, 0.15) is 11.6 Å². The van der Waals surface area contributed by atoms with Crippen LogP contribution in [0.3, 0.4) is 0 Å². The molecule has 0 N–H and O–H groups in total. The van der Waals surface area contributed by atoms with Crippen molar-refractivity contribution in [1.82, 2.24) is 9.55 Å². The van der Waals surface area contributed by atoms with Gasteiger partial charge in [0.2, 0.25) is 0 Å². The van der Waals surface area contributed by atoms with Crippen molar-refractivity contribution < 1.29 is 8.42 Å². The molecule has 1 aliphatic carbocycles. The fourth-order valence-corrected chi connectivity index (χ4v) is 5.01. The van der Waals surface area contributed by atoms with Gasteiger partial charge >= 0.3 is 0 Å². The number of nitrogens with zero attached hydrogens (tertiary/aromatic N) is 2. The van der Waals surface area contributed by atoms with Gasteiger partial charge in [-0.25, -0.2) is 13.4 Å². The van der Waals surface area contributed by atoms with Crippen molar-refractivity contribution in [2.45, 2.75) is 49.7 Å². The minimum Gasteiger partial charge on any atom is -0.330 e. The third-order valence-electron chi connectivity index (χ3n) is 4.39. The van der Waals surface area contributed by atoms with Gasteiger partial charge in [-0.2, -0.15) is 0 Å². The summed E-state index contributed by atoms with van der Waals surface area (Å²) in [4.78, 5) is 4.28. The molecule has 1 aromatic heterocycles. The Morgan fingerprint density at radius 1 is 1.09 bits per heavy atom. The Hall–Kier alpha value is -1.62. The molecule has 1 aliphatic rings.